The summed E-state index contributed by atoms with van der Waals surface area (Å²) < 4.78 is 25.4. The summed E-state index contributed by atoms with van der Waals surface area (Å²) in [7, 11) is -3.44. The minimum atomic E-state index is -3.44. The fraction of sp³-hybridized carbons (Fsp3) is 0.417. The zero-order chi connectivity index (χ0) is 15.0. The topological polar surface area (TPSA) is 102 Å². The molecule has 0 spiro atoms. The first-order chi connectivity index (χ1) is 9.95. The number of thiazole rings is 1. The van der Waals surface area contributed by atoms with Gasteiger partial charge in [0.1, 0.15) is 0 Å². The third kappa shape index (κ3) is 2.89. The monoisotopic (exact) mass is 327 g/mol. The summed E-state index contributed by atoms with van der Waals surface area (Å²) >= 11 is 1.07. The number of sulfone groups is 1. The summed E-state index contributed by atoms with van der Waals surface area (Å²) in [4.78, 5) is 14.3. The Morgan fingerprint density at radius 1 is 1.48 bits per heavy atom. The van der Waals surface area contributed by atoms with Gasteiger partial charge in [0.15, 0.2) is 0 Å². The standard InChI is InChI=1S/C12H13N3O4S2/c16-15(17)9-1-2-11-10(5-9)14-12(20-11)21(18,19)7-8-3-4-13-6-8/h1-2,5,8,13H,3-4,6-7H2. The van der Waals surface area contributed by atoms with Gasteiger partial charge in [0, 0.05) is 12.1 Å². The van der Waals surface area contributed by atoms with Crippen molar-refractivity contribution in [1.82, 2.24) is 10.3 Å². The van der Waals surface area contributed by atoms with E-state index in [2.05, 4.69) is 10.3 Å². The summed E-state index contributed by atoms with van der Waals surface area (Å²) in [6, 6.07) is 4.21. The van der Waals surface area contributed by atoms with Crippen LogP contribution in [0.25, 0.3) is 10.2 Å². The molecule has 1 aliphatic rings. The molecule has 1 unspecified atom stereocenters. The van der Waals surface area contributed by atoms with Crippen LogP contribution in [0.4, 0.5) is 5.69 Å². The van der Waals surface area contributed by atoms with Crippen molar-refractivity contribution in [3.8, 4) is 0 Å². The van der Waals surface area contributed by atoms with E-state index in [-0.39, 0.29) is 21.7 Å². The summed E-state index contributed by atoms with van der Waals surface area (Å²) in [6.07, 6.45) is 0.843. The van der Waals surface area contributed by atoms with Crippen molar-refractivity contribution in [2.75, 3.05) is 18.8 Å². The van der Waals surface area contributed by atoms with Gasteiger partial charge in [-0.2, -0.15) is 0 Å². The van der Waals surface area contributed by atoms with Crippen LogP contribution in [0.3, 0.4) is 0 Å². The van der Waals surface area contributed by atoms with Crippen molar-refractivity contribution in [2.45, 2.75) is 10.8 Å². The molecule has 0 saturated carbocycles. The highest BCUT2D eigenvalue weighted by atomic mass is 32.2. The van der Waals surface area contributed by atoms with Gasteiger partial charge in [0.05, 0.1) is 20.9 Å². The van der Waals surface area contributed by atoms with Gasteiger partial charge in [0.2, 0.25) is 14.2 Å². The van der Waals surface area contributed by atoms with E-state index in [0.717, 1.165) is 24.3 Å². The maximum atomic E-state index is 12.4. The van der Waals surface area contributed by atoms with Crippen molar-refractivity contribution in [1.29, 1.82) is 0 Å². The van der Waals surface area contributed by atoms with Crippen molar-refractivity contribution in [2.24, 2.45) is 5.92 Å². The van der Waals surface area contributed by atoms with E-state index in [4.69, 9.17) is 0 Å². The molecule has 1 aromatic carbocycles. The van der Waals surface area contributed by atoms with Crippen LogP contribution in [-0.2, 0) is 9.84 Å². The van der Waals surface area contributed by atoms with Gasteiger partial charge in [0.25, 0.3) is 5.69 Å². The van der Waals surface area contributed by atoms with Crippen molar-refractivity contribution in [3.05, 3.63) is 28.3 Å². The van der Waals surface area contributed by atoms with E-state index >= 15 is 0 Å². The quantitative estimate of drug-likeness (QED) is 0.676. The number of aromatic nitrogens is 1. The molecule has 1 atom stereocenters. The largest absolute Gasteiger partial charge is 0.316 e. The van der Waals surface area contributed by atoms with Gasteiger partial charge >= 0.3 is 0 Å². The Balaban J connectivity index is 1.94. The number of benzene rings is 1. The third-order valence-electron chi connectivity index (χ3n) is 3.45. The number of hydrogen-bond acceptors (Lipinski definition) is 7. The average Bonchev–Trinajstić information content (AvgIpc) is 3.05. The highest BCUT2D eigenvalue weighted by Gasteiger charge is 2.27. The number of non-ortho nitro benzene ring substituents is 1. The first kappa shape index (κ1) is 14.4. The number of nitrogens with one attached hydrogen (secondary N) is 1. The zero-order valence-electron chi connectivity index (χ0n) is 11.0. The fourth-order valence-electron chi connectivity index (χ4n) is 2.38. The second-order valence-corrected chi connectivity index (χ2v) is 8.27. The second-order valence-electron chi connectivity index (χ2n) is 5.03. The van der Waals surface area contributed by atoms with E-state index < -0.39 is 14.8 Å². The number of nitro groups is 1. The van der Waals surface area contributed by atoms with Gasteiger partial charge in [-0.1, -0.05) is 0 Å². The fourth-order valence-corrected chi connectivity index (χ4v) is 5.32. The molecule has 1 aromatic heterocycles. The van der Waals surface area contributed by atoms with E-state index in [0.29, 0.717) is 16.8 Å². The molecule has 1 fully saturated rings. The smallest absolute Gasteiger partial charge is 0.271 e. The molecule has 0 radical (unpaired) electrons. The molecule has 1 saturated heterocycles. The van der Waals surface area contributed by atoms with E-state index in [1.165, 1.54) is 12.1 Å². The molecule has 0 bridgehead atoms. The Morgan fingerprint density at radius 2 is 2.29 bits per heavy atom. The van der Waals surface area contributed by atoms with Gasteiger partial charge < -0.3 is 5.32 Å². The Kier molecular flexibility index (Phi) is 3.64. The number of hydrogen-bond donors (Lipinski definition) is 1. The second kappa shape index (κ2) is 5.32. The normalized spacial score (nSPS) is 19.1. The van der Waals surface area contributed by atoms with Crippen LogP contribution in [0.15, 0.2) is 22.5 Å². The van der Waals surface area contributed by atoms with Crippen LogP contribution in [0, 0.1) is 16.0 Å². The maximum absolute atomic E-state index is 12.4. The van der Waals surface area contributed by atoms with Gasteiger partial charge in [-0.3, -0.25) is 10.1 Å². The molecule has 9 heteroatoms. The predicted octanol–water partition coefficient (Wildman–Crippen LogP) is 1.59. The molecule has 21 heavy (non-hydrogen) atoms. The Hall–Kier alpha value is -1.58. The molecule has 0 amide bonds. The lowest BCUT2D eigenvalue weighted by Crippen LogP contribution is -2.18. The Bertz CT molecular complexity index is 794. The molecular formula is C12H13N3O4S2. The highest BCUT2D eigenvalue weighted by Crippen LogP contribution is 2.30. The van der Waals surface area contributed by atoms with Crippen molar-refractivity contribution < 1.29 is 13.3 Å². The first-order valence-corrected chi connectivity index (χ1v) is 8.91. The van der Waals surface area contributed by atoms with Crippen LogP contribution in [0.2, 0.25) is 0 Å². The van der Waals surface area contributed by atoms with Crippen LogP contribution in [0.5, 0.6) is 0 Å². The summed E-state index contributed by atoms with van der Waals surface area (Å²) in [6.45, 7) is 1.54. The molecule has 3 rings (SSSR count). The maximum Gasteiger partial charge on any atom is 0.271 e. The van der Waals surface area contributed by atoms with Crippen LogP contribution in [0.1, 0.15) is 6.42 Å². The zero-order valence-corrected chi connectivity index (χ0v) is 12.6. The lowest BCUT2D eigenvalue weighted by molar-refractivity contribution is -0.384. The molecule has 112 valence electrons. The molecule has 1 N–H and O–H groups in total. The summed E-state index contributed by atoms with van der Waals surface area (Å²) in [5, 5.41) is 13.9. The van der Waals surface area contributed by atoms with Crippen LogP contribution >= 0.6 is 11.3 Å². The molecule has 2 aromatic rings. The first-order valence-electron chi connectivity index (χ1n) is 6.44. The number of nitro benzene ring substituents is 1. The summed E-state index contributed by atoms with van der Waals surface area (Å²) in [5.74, 6) is 0.179. The van der Waals surface area contributed by atoms with E-state index in [1.807, 2.05) is 0 Å². The number of fused-ring (bicyclic) bond motifs is 1. The van der Waals surface area contributed by atoms with Gasteiger partial charge in [-0.05, 0) is 31.5 Å². The Labute approximate surface area is 125 Å². The number of rotatable bonds is 4. The molecule has 2 heterocycles. The molecule has 1 aliphatic heterocycles. The lowest BCUT2D eigenvalue weighted by Gasteiger charge is -2.06. The number of nitrogens with zero attached hydrogens (tertiary/aromatic N) is 2. The highest BCUT2D eigenvalue weighted by molar-refractivity contribution is 7.93. The minimum Gasteiger partial charge on any atom is -0.316 e. The molecule has 7 nitrogen and oxygen atoms in total. The van der Waals surface area contributed by atoms with Crippen LogP contribution in [-0.4, -0.2) is 37.2 Å². The van der Waals surface area contributed by atoms with Gasteiger partial charge in [-0.25, -0.2) is 13.4 Å². The van der Waals surface area contributed by atoms with Crippen molar-refractivity contribution >= 4 is 37.1 Å². The Morgan fingerprint density at radius 3 is 2.95 bits per heavy atom. The van der Waals surface area contributed by atoms with Crippen LogP contribution < -0.4 is 5.32 Å². The average molecular weight is 327 g/mol. The summed E-state index contributed by atoms with van der Waals surface area (Å²) in [5.41, 5.74) is 0.272. The van der Waals surface area contributed by atoms with Crippen molar-refractivity contribution in [3.63, 3.8) is 0 Å². The minimum absolute atomic E-state index is 0.0462. The van der Waals surface area contributed by atoms with E-state index in [9.17, 15) is 18.5 Å². The molecular weight excluding hydrogens is 314 g/mol. The van der Waals surface area contributed by atoms with Gasteiger partial charge in [-0.15, -0.1) is 11.3 Å². The SMILES string of the molecule is O=[N+]([O-])c1ccc2sc(S(=O)(=O)CC3CCNC3)nc2c1. The third-order valence-corrected chi connectivity index (χ3v) is 6.82. The lowest BCUT2D eigenvalue weighted by atomic mass is 10.2. The molecule has 0 aliphatic carbocycles. The van der Waals surface area contributed by atoms with E-state index in [1.54, 1.807) is 6.07 Å². The predicted molar refractivity (Wildman–Crippen MR) is 79.3 cm³/mol.